The van der Waals surface area contributed by atoms with Crippen LogP contribution in [0, 0.1) is 0 Å². The number of benzene rings is 2. The van der Waals surface area contributed by atoms with Gasteiger partial charge in [0.2, 0.25) is 10.0 Å². The monoisotopic (exact) mass is 462 g/mol. The van der Waals surface area contributed by atoms with Crippen LogP contribution in [0.3, 0.4) is 0 Å². The van der Waals surface area contributed by atoms with Gasteiger partial charge in [-0.15, -0.1) is 0 Å². The van der Waals surface area contributed by atoms with Crippen molar-refractivity contribution in [1.29, 1.82) is 0 Å². The van der Waals surface area contributed by atoms with Crippen molar-refractivity contribution >= 4 is 54.6 Å². The first-order valence-corrected chi connectivity index (χ1v) is 12.6. The molecule has 10 heteroatoms. The second kappa shape index (κ2) is 8.10. The minimum atomic E-state index is -3.99. The number of halogens is 2. The molecular weight excluding hydrogens is 443 g/mol. The number of fused-ring (bicyclic) bond motifs is 1. The molecule has 2 aromatic rings. The molecule has 2 aromatic carbocycles. The molecule has 1 aliphatic heterocycles. The second-order valence-corrected chi connectivity index (χ2v) is 11.0. The van der Waals surface area contributed by atoms with E-state index in [0.717, 1.165) is 18.4 Å². The molecule has 1 aliphatic rings. The van der Waals surface area contributed by atoms with Gasteiger partial charge in [0.25, 0.3) is 10.0 Å². The third kappa shape index (κ3) is 4.40. The molecule has 0 aromatic heterocycles. The number of sulfonamides is 2. The summed E-state index contributed by atoms with van der Waals surface area (Å²) in [7, 11) is -7.44. The summed E-state index contributed by atoms with van der Waals surface area (Å²) in [5.74, 6) is 0.0422. The summed E-state index contributed by atoms with van der Waals surface area (Å²) in [6.07, 6.45) is 1.97. The summed E-state index contributed by atoms with van der Waals surface area (Å²) < 4.78 is 54.5. The van der Waals surface area contributed by atoms with Gasteiger partial charge in [0, 0.05) is 11.6 Å². The Hall–Kier alpha value is -1.48. The van der Waals surface area contributed by atoms with Gasteiger partial charge in [-0.2, -0.15) is 0 Å². The Kier molecular flexibility index (Phi) is 6.14. The molecule has 0 saturated heterocycles. The fourth-order valence-electron chi connectivity index (χ4n) is 3.15. The summed E-state index contributed by atoms with van der Waals surface area (Å²) in [4.78, 5) is -0.144. The lowest BCUT2D eigenvalue weighted by atomic mass is 10.0. The summed E-state index contributed by atoms with van der Waals surface area (Å²) in [5, 5.41) is 0.286. The highest BCUT2D eigenvalue weighted by Gasteiger charge is 2.27. The van der Waals surface area contributed by atoms with Crippen LogP contribution in [-0.2, 0) is 26.5 Å². The van der Waals surface area contributed by atoms with Crippen molar-refractivity contribution in [1.82, 2.24) is 0 Å². The van der Waals surface area contributed by atoms with Crippen LogP contribution in [0.1, 0.15) is 25.3 Å². The molecule has 152 valence electrons. The highest BCUT2D eigenvalue weighted by atomic mass is 35.5. The van der Waals surface area contributed by atoms with E-state index in [1.54, 1.807) is 18.2 Å². The first kappa shape index (κ1) is 21.2. The highest BCUT2D eigenvalue weighted by Crippen LogP contribution is 2.34. The lowest BCUT2D eigenvalue weighted by Gasteiger charge is -2.31. The zero-order valence-electron chi connectivity index (χ0n) is 15.2. The quantitative estimate of drug-likeness (QED) is 0.693. The van der Waals surface area contributed by atoms with Gasteiger partial charge in [-0.3, -0.25) is 9.03 Å². The summed E-state index contributed by atoms with van der Waals surface area (Å²) >= 11 is 11.9. The van der Waals surface area contributed by atoms with Crippen molar-refractivity contribution < 1.29 is 16.8 Å². The third-order valence-corrected chi connectivity index (χ3v) is 8.47. The zero-order chi connectivity index (χ0) is 20.5. The minimum absolute atomic E-state index is 0.0422. The number of rotatable bonds is 6. The second-order valence-electron chi connectivity index (χ2n) is 6.52. The number of anilines is 2. The van der Waals surface area contributed by atoms with Crippen molar-refractivity contribution in [3.8, 4) is 0 Å². The molecule has 0 fully saturated rings. The van der Waals surface area contributed by atoms with Crippen molar-refractivity contribution in [2.24, 2.45) is 0 Å². The molecule has 0 aliphatic carbocycles. The van der Waals surface area contributed by atoms with E-state index >= 15 is 0 Å². The van der Waals surface area contributed by atoms with Crippen molar-refractivity contribution in [3.05, 3.63) is 52.0 Å². The lowest BCUT2D eigenvalue weighted by Crippen LogP contribution is -2.37. The predicted molar refractivity (Wildman–Crippen MR) is 113 cm³/mol. The normalized spacial score (nSPS) is 14.6. The Morgan fingerprint density at radius 1 is 1.07 bits per heavy atom. The fourth-order valence-corrected chi connectivity index (χ4v) is 6.58. The Morgan fingerprint density at radius 3 is 2.54 bits per heavy atom. The molecule has 28 heavy (non-hydrogen) atoms. The maximum absolute atomic E-state index is 12.7. The average molecular weight is 463 g/mol. The number of hydrogen-bond donors (Lipinski definition) is 1. The Bertz CT molecular complexity index is 1100. The van der Waals surface area contributed by atoms with Crippen LogP contribution in [0.4, 0.5) is 11.4 Å². The van der Waals surface area contributed by atoms with Gasteiger partial charge < -0.3 is 0 Å². The summed E-state index contributed by atoms with van der Waals surface area (Å²) in [6, 6.07) is 9.09. The van der Waals surface area contributed by atoms with Gasteiger partial charge >= 0.3 is 0 Å². The van der Waals surface area contributed by atoms with E-state index in [0.29, 0.717) is 18.7 Å². The highest BCUT2D eigenvalue weighted by molar-refractivity contribution is 7.93. The van der Waals surface area contributed by atoms with Crippen LogP contribution in [0.15, 0.2) is 41.3 Å². The standard InChI is InChI=1S/C18H20Cl2N2O4S2/c1-2-10-27(23,24)22-9-3-4-13-5-7-15(12-17(13)22)21-28(25,26)18-11-14(19)6-8-16(18)20/h5-8,11-12,21H,2-4,9-10H2,1H3. The van der Waals surface area contributed by atoms with Gasteiger partial charge in [-0.25, -0.2) is 16.8 Å². The van der Waals surface area contributed by atoms with E-state index in [2.05, 4.69) is 4.72 Å². The van der Waals surface area contributed by atoms with Crippen LogP contribution in [-0.4, -0.2) is 29.1 Å². The molecule has 0 amide bonds. The van der Waals surface area contributed by atoms with Crippen LogP contribution < -0.4 is 9.03 Å². The molecule has 0 bridgehead atoms. The molecular formula is C18H20Cl2N2O4S2. The molecule has 1 heterocycles. The van der Waals surface area contributed by atoms with Crippen LogP contribution in [0.2, 0.25) is 10.0 Å². The zero-order valence-corrected chi connectivity index (χ0v) is 18.3. The topological polar surface area (TPSA) is 83.6 Å². The van der Waals surface area contributed by atoms with Gasteiger partial charge in [0.1, 0.15) is 4.90 Å². The van der Waals surface area contributed by atoms with E-state index in [-0.39, 0.29) is 26.4 Å². The molecule has 0 spiro atoms. The summed E-state index contributed by atoms with van der Waals surface area (Å²) in [5.41, 5.74) is 1.64. The first-order valence-electron chi connectivity index (χ1n) is 8.75. The number of nitrogens with zero attached hydrogens (tertiary/aromatic N) is 1. The van der Waals surface area contributed by atoms with Gasteiger partial charge in [0.15, 0.2) is 0 Å². The van der Waals surface area contributed by atoms with Crippen molar-refractivity contribution in [2.75, 3.05) is 21.3 Å². The van der Waals surface area contributed by atoms with E-state index in [1.807, 2.05) is 6.92 Å². The van der Waals surface area contributed by atoms with Crippen LogP contribution in [0.25, 0.3) is 0 Å². The largest absolute Gasteiger partial charge is 0.280 e. The molecule has 1 N–H and O–H groups in total. The van der Waals surface area contributed by atoms with Gasteiger partial charge in [0.05, 0.1) is 22.2 Å². The van der Waals surface area contributed by atoms with Crippen LogP contribution in [0.5, 0.6) is 0 Å². The number of hydrogen-bond acceptors (Lipinski definition) is 4. The van der Waals surface area contributed by atoms with E-state index in [9.17, 15) is 16.8 Å². The van der Waals surface area contributed by atoms with E-state index < -0.39 is 20.0 Å². The smallest absolute Gasteiger partial charge is 0.263 e. The van der Waals surface area contributed by atoms with E-state index in [1.165, 1.54) is 22.5 Å². The average Bonchev–Trinajstić information content (AvgIpc) is 2.62. The maximum atomic E-state index is 12.7. The van der Waals surface area contributed by atoms with Gasteiger partial charge in [-0.1, -0.05) is 36.2 Å². The molecule has 0 saturated carbocycles. The lowest BCUT2D eigenvalue weighted by molar-refractivity contribution is 0.585. The molecule has 3 rings (SSSR count). The first-order chi connectivity index (χ1) is 13.1. The molecule has 0 radical (unpaired) electrons. The third-order valence-electron chi connectivity index (χ3n) is 4.39. The number of nitrogens with one attached hydrogen (secondary N) is 1. The Labute approximate surface area is 175 Å². The Morgan fingerprint density at radius 2 is 1.82 bits per heavy atom. The SMILES string of the molecule is CCCS(=O)(=O)N1CCCc2ccc(NS(=O)(=O)c3cc(Cl)ccc3Cl)cc21. The van der Waals surface area contributed by atoms with Crippen molar-refractivity contribution in [2.45, 2.75) is 31.1 Å². The fraction of sp³-hybridized carbons (Fsp3) is 0.333. The maximum Gasteiger partial charge on any atom is 0.263 e. The molecule has 0 atom stereocenters. The predicted octanol–water partition coefficient (Wildman–Crippen LogP) is 4.29. The van der Waals surface area contributed by atoms with E-state index in [4.69, 9.17) is 23.2 Å². The minimum Gasteiger partial charge on any atom is -0.280 e. The van der Waals surface area contributed by atoms with Gasteiger partial charge in [-0.05, 0) is 55.2 Å². The molecule has 0 unspecified atom stereocenters. The molecule has 6 nitrogen and oxygen atoms in total. The summed E-state index contributed by atoms with van der Waals surface area (Å²) in [6.45, 7) is 2.19. The van der Waals surface area contributed by atoms with Crippen molar-refractivity contribution in [3.63, 3.8) is 0 Å². The Balaban J connectivity index is 1.98. The van der Waals surface area contributed by atoms with Crippen LogP contribution >= 0.6 is 23.2 Å². The number of aryl methyl sites for hydroxylation is 1.